The Morgan fingerprint density at radius 3 is 2.56 bits per heavy atom. The number of imidazole rings is 1. The molecule has 0 aliphatic heterocycles. The Labute approximate surface area is 154 Å². The summed E-state index contributed by atoms with van der Waals surface area (Å²) in [6.45, 7) is 3.35. The van der Waals surface area contributed by atoms with E-state index in [4.69, 9.17) is 11.1 Å². The third kappa shape index (κ3) is 3.93. The lowest BCUT2D eigenvalue weighted by Gasteiger charge is -2.09. The van der Waals surface area contributed by atoms with E-state index in [1.54, 1.807) is 16.8 Å². The molecule has 0 aliphatic carbocycles. The molecule has 0 amide bonds. The van der Waals surface area contributed by atoms with Gasteiger partial charge in [0, 0.05) is 24.5 Å². The van der Waals surface area contributed by atoms with Gasteiger partial charge in [0.1, 0.15) is 23.2 Å². The monoisotopic (exact) mass is 381 g/mol. The van der Waals surface area contributed by atoms with Crippen LogP contribution in [0.2, 0.25) is 0 Å². The fraction of sp³-hybridized carbons (Fsp3) is 0.188. The first-order valence-corrected chi connectivity index (χ1v) is 8.79. The molecule has 2 heterocycles. The fourth-order valence-corrected chi connectivity index (χ4v) is 2.42. The summed E-state index contributed by atoms with van der Waals surface area (Å²) in [4.78, 5) is 8.54. The minimum atomic E-state index is -0.500. The summed E-state index contributed by atoms with van der Waals surface area (Å²) in [7, 11) is 0. The van der Waals surface area contributed by atoms with Crippen molar-refractivity contribution in [2.24, 2.45) is 5.73 Å². The number of nitrogens with two attached hydrogens (primary N) is 1. The molecule has 0 spiro atoms. The molecule has 3 N–H and O–H groups in total. The van der Waals surface area contributed by atoms with Crippen molar-refractivity contribution >= 4 is 34.8 Å². The van der Waals surface area contributed by atoms with Crippen molar-refractivity contribution in [3.63, 3.8) is 0 Å². The van der Waals surface area contributed by atoms with Gasteiger partial charge in [-0.1, -0.05) is 0 Å². The van der Waals surface area contributed by atoms with Gasteiger partial charge in [-0.15, -0.1) is 23.3 Å². The lowest BCUT2D eigenvalue weighted by molar-refractivity contribution is 0.581. The topological polar surface area (TPSA) is 80.1 Å². The molecule has 0 bridgehead atoms. The highest BCUT2D eigenvalue weighted by molar-refractivity contribution is 8.59. The van der Waals surface area contributed by atoms with E-state index >= 15 is 0 Å². The second-order valence-electron chi connectivity index (χ2n) is 5.45. The zero-order chi connectivity index (χ0) is 18.7. The van der Waals surface area contributed by atoms with E-state index in [1.807, 2.05) is 6.92 Å². The molecule has 0 unspecified atom stereocenters. The molecule has 3 aromatic rings. The zero-order valence-corrected chi connectivity index (χ0v) is 15.4. The highest BCUT2D eigenvalue weighted by Crippen LogP contribution is 2.20. The maximum Gasteiger partial charge on any atom is 0.159 e. The number of hydrogen-bond acceptors (Lipinski definition) is 5. The number of nitrogen functional groups attached to an aromatic ring is 1. The van der Waals surface area contributed by atoms with Crippen molar-refractivity contribution < 1.29 is 8.78 Å². The van der Waals surface area contributed by atoms with Crippen LogP contribution in [0, 0.1) is 30.9 Å². The number of hydrogen-bond donors (Lipinski definition) is 4. The number of nitrogens with one attached hydrogen (secondary N) is 1. The molecule has 0 aliphatic rings. The number of nitrogens with zero attached hydrogens (tertiary/aromatic N) is 3. The second kappa shape index (κ2) is 7.83. The molecule has 0 fully saturated rings. The van der Waals surface area contributed by atoms with Crippen molar-refractivity contribution in [1.82, 2.24) is 14.4 Å². The lowest BCUT2D eigenvalue weighted by atomic mass is 10.1. The minimum absolute atomic E-state index is 0.0596. The van der Waals surface area contributed by atoms with Gasteiger partial charge in [-0.25, -0.2) is 18.7 Å². The molecule has 0 radical (unpaired) electrons. The van der Waals surface area contributed by atoms with Gasteiger partial charge in [0.15, 0.2) is 5.65 Å². The smallest absolute Gasteiger partial charge is 0.159 e. The van der Waals surface area contributed by atoms with Crippen LogP contribution in [0.25, 0.3) is 5.65 Å². The van der Waals surface area contributed by atoms with E-state index in [0.29, 0.717) is 11.3 Å². The van der Waals surface area contributed by atoms with Crippen molar-refractivity contribution in [3.8, 4) is 0 Å². The maximum absolute atomic E-state index is 14.1. The molecule has 9 heteroatoms. The number of aryl methyl sites for hydroxylation is 2. The van der Waals surface area contributed by atoms with Crippen molar-refractivity contribution in [3.05, 3.63) is 64.4 Å². The van der Waals surface area contributed by atoms with Crippen LogP contribution in [0.5, 0.6) is 0 Å². The summed E-state index contributed by atoms with van der Waals surface area (Å²) in [5.41, 5.74) is 8.02. The Hall–Kier alpha value is -2.13. The van der Waals surface area contributed by atoms with Gasteiger partial charge >= 0.3 is 0 Å². The number of amidine groups is 1. The van der Waals surface area contributed by atoms with Gasteiger partial charge in [0.05, 0.1) is 5.69 Å². The van der Waals surface area contributed by atoms with E-state index in [0.717, 1.165) is 11.8 Å². The van der Waals surface area contributed by atoms with Crippen LogP contribution in [-0.4, -0.2) is 20.2 Å². The largest absolute Gasteiger partial charge is 0.382 e. The predicted octanol–water partition coefficient (Wildman–Crippen LogP) is 3.26. The average Bonchev–Trinajstić information content (AvgIpc) is 2.96. The van der Waals surface area contributed by atoms with Gasteiger partial charge in [-0.2, -0.15) is 0 Å². The number of benzene rings is 1. The van der Waals surface area contributed by atoms with Gasteiger partial charge in [0.2, 0.25) is 0 Å². The molecule has 132 valence electrons. The third-order valence-electron chi connectivity index (χ3n) is 3.71. The second-order valence-corrected chi connectivity index (χ2v) is 5.45. The lowest BCUT2D eigenvalue weighted by Crippen LogP contribution is -2.16. The third-order valence-corrected chi connectivity index (χ3v) is 3.71. The number of thiol groups is 2. The SMILES string of the molecule is Cc1cc(F)c(Cc2nc(C(=N)N)cn3c(C)cnc23)cc1F.SS. The predicted molar refractivity (Wildman–Crippen MR) is 101 cm³/mol. The van der Waals surface area contributed by atoms with Crippen LogP contribution in [-0.2, 0) is 6.42 Å². The molecule has 0 saturated heterocycles. The molecule has 2 aromatic heterocycles. The Kier molecular flexibility index (Phi) is 6.02. The molecular formula is C16H17F2N5S2. The van der Waals surface area contributed by atoms with Crippen LogP contribution in [0.4, 0.5) is 8.78 Å². The van der Waals surface area contributed by atoms with Gasteiger partial charge in [-0.3, -0.25) is 5.41 Å². The standard InChI is InChI=1S/C16H15F2N5.H2S2/c1-8-3-12(18)10(4-11(8)17)5-13-16-21-6-9(2)23(16)7-14(22-13)15(19)20;1-2/h3-4,6-7H,5H2,1-2H3,(H3,19,20);1-2H. The Balaban J connectivity index is 0.00000109. The zero-order valence-electron chi connectivity index (χ0n) is 13.6. The van der Waals surface area contributed by atoms with E-state index in [1.165, 1.54) is 13.0 Å². The molecule has 5 nitrogen and oxygen atoms in total. The van der Waals surface area contributed by atoms with Gasteiger partial charge in [-0.05, 0) is 37.1 Å². The Morgan fingerprint density at radius 2 is 1.92 bits per heavy atom. The summed E-state index contributed by atoms with van der Waals surface area (Å²) < 4.78 is 29.6. The first kappa shape index (κ1) is 19.2. The molecule has 1 aromatic carbocycles. The Bertz CT molecular complexity index is 940. The van der Waals surface area contributed by atoms with Crippen LogP contribution in [0.1, 0.15) is 28.2 Å². The number of fused-ring (bicyclic) bond motifs is 1. The maximum atomic E-state index is 14.1. The number of aromatic nitrogens is 3. The van der Waals surface area contributed by atoms with Crippen LogP contribution < -0.4 is 5.73 Å². The summed E-state index contributed by atoms with van der Waals surface area (Å²) in [6, 6.07) is 2.33. The first-order chi connectivity index (χ1) is 11.9. The van der Waals surface area contributed by atoms with Crippen LogP contribution >= 0.6 is 23.3 Å². The van der Waals surface area contributed by atoms with E-state index in [2.05, 4.69) is 33.3 Å². The molecule has 3 rings (SSSR count). The minimum Gasteiger partial charge on any atom is -0.382 e. The highest BCUT2D eigenvalue weighted by Gasteiger charge is 2.15. The van der Waals surface area contributed by atoms with Gasteiger partial charge in [0.25, 0.3) is 0 Å². The van der Waals surface area contributed by atoms with Crippen molar-refractivity contribution in [2.75, 3.05) is 0 Å². The van der Waals surface area contributed by atoms with Crippen molar-refractivity contribution in [1.29, 1.82) is 5.41 Å². The highest BCUT2D eigenvalue weighted by atomic mass is 33.1. The van der Waals surface area contributed by atoms with Crippen LogP contribution in [0.3, 0.4) is 0 Å². The summed E-state index contributed by atoms with van der Waals surface area (Å²) in [6.07, 6.45) is 3.32. The molecule has 0 saturated carbocycles. The Morgan fingerprint density at radius 1 is 1.24 bits per heavy atom. The number of rotatable bonds is 3. The summed E-state index contributed by atoms with van der Waals surface area (Å²) in [5, 5.41) is 7.56. The van der Waals surface area contributed by atoms with E-state index in [9.17, 15) is 8.78 Å². The van der Waals surface area contributed by atoms with E-state index in [-0.39, 0.29) is 29.1 Å². The quantitative estimate of drug-likeness (QED) is 0.243. The van der Waals surface area contributed by atoms with E-state index < -0.39 is 11.6 Å². The van der Waals surface area contributed by atoms with Gasteiger partial charge < -0.3 is 10.1 Å². The molecule has 0 atom stereocenters. The van der Waals surface area contributed by atoms with Crippen molar-refractivity contribution in [2.45, 2.75) is 20.3 Å². The fourth-order valence-electron chi connectivity index (χ4n) is 2.42. The molecular weight excluding hydrogens is 364 g/mol. The summed E-state index contributed by atoms with van der Waals surface area (Å²) in [5.74, 6) is -1.17. The number of halogens is 2. The average molecular weight is 381 g/mol. The normalized spacial score (nSPS) is 10.5. The van der Waals surface area contributed by atoms with Crippen LogP contribution in [0.15, 0.2) is 24.5 Å². The molecule has 25 heavy (non-hydrogen) atoms. The summed E-state index contributed by atoms with van der Waals surface area (Å²) >= 11 is 6.44. The first-order valence-electron chi connectivity index (χ1n) is 7.19.